The molecule has 2 aliphatic heterocycles. The van der Waals surface area contributed by atoms with Gasteiger partial charge in [0.25, 0.3) is 0 Å². The summed E-state index contributed by atoms with van der Waals surface area (Å²) in [5.74, 6) is 0.135. The summed E-state index contributed by atoms with van der Waals surface area (Å²) >= 11 is 0. The number of aromatic nitrogens is 2. The van der Waals surface area contributed by atoms with Crippen LogP contribution in [0.25, 0.3) is 0 Å². The van der Waals surface area contributed by atoms with Gasteiger partial charge < -0.3 is 15.2 Å². The van der Waals surface area contributed by atoms with Gasteiger partial charge in [-0.3, -0.25) is 14.7 Å². The molecule has 0 saturated carbocycles. The molecule has 1 saturated heterocycles. The van der Waals surface area contributed by atoms with Gasteiger partial charge in [-0.15, -0.1) is 0 Å². The molecule has 2 unspecified atom stereocenters. The van der Waals surface area contributed by atoms with E-state index in [4.69, 9.17) is 9.72 Å². The molecule has 0 amide bonds. The number of alkyl halides is 1. The highest BCUT2D eigenvalue weighted by atomic mass is 19.1. The third-order valence-corrected chi connectivity index (χ3v) is 7.08. The van der Waals surface area contributed by atoms with Gasteiger partial charge in [0.05, 0.1) is 6.10 Å². The molecule has 36 heavy (non-hydrogen) atoms. The molecule has 8 heteroatoms. The molecular formula is C28H39FN4O3. The second-order valence-corrected chi connectivity index (χ2v) is 10.6. The number of likely N-dealkylation sites (tertiary alicyclic amines) is 1. The highest BCUT2D eigenvalue weighted by molar-refractivity contribution is 5.76. The summed E-state index contributed by atoms with van der Waals surface area (Å²) < 4.78 is 20.2. The number of ether oxygens (including phenoxy) is 1. The number of pyridine rings is 2. The van der Waals surface area contributed by atoms with E-state index in [-0.39, 0.29) is 6.10 Å². The van der Waals surface area contributed by atoms with E-state index < -0.39 is 17.7 Å². The van der Waals surface area contributed by atoms with Gasteiger partial charge in [-0.1, -0.05) is 12.1 Å². The average Bonchev–Trinajstić information content (AvgIpc) is 3.30. The second kappa shape index (κ2) is 12.1. The molecule has 4 rings (SSSR count). The van der Waals surface area contributed by atoms with Crippen molar-refractivity contribution in [3.05, 3.63) is 53.0 Å². The van der Waals surface area contributed by atoms with Gasteiger partial charge in [-0.05, 0) is 82.9 Å². The number of aliphatic carboxylic acids is 1. The zero-order valence-electron chi connectivity index (χ0n) is 21.5. The number of fused-ring (bicyclic) bond motifs is 1. The Morgan fingerprint density at radius 3 is 2.97 bits per heavy atom. The van der Waals surface area contributed by atoms with E-state index in [9.17, 15) is 14.3 Å². The van der Waals surface area contributed by atoms with Crippen LogP contribution in [0.4, 0.5) is 10.2 Å². The lowest BCUT2D eigenvalue weighted by molar-refractivity contribution is -0.143. The van der Waals surface area contributed by atoms with E-state index in [1.165, 1.54) is 19.4 Å². The van der Waals surface area contributed by atoms with E-state index in [0.717, 1.165) is 56.6 Å². The first-order chi connectivity index (χ1) is 17.3. The van der Waals surface area contributed by atoms with Crippen molar-refractivity contribution in [3.63, 3.8) is 0 Å². The molecule has 7 nitrogen and oxygen atoms in total. The minimum Gasteiger partial charge on any atom is -0.480 e. The summed E-state index contributed by atoms with van der Waals surface area (Å²) in [6.07, 6.45) is 8.31. The van der Waals surface area contributed by atoms with Crippen LogP contribution in [-0.2, 0) is 28.8 Å². The summed E-state index contributed by atoms with van der Waals surface area (Å²) in [7, 11) is 0. The van der Waals surface area contributed by atoms with E-state index >= 15 is 0 Å². The predicted molar refractivity (Wildman–Crippen MR) is 138 cm³/mol. The van der Waals surface area contributed by atoms with Gasteiger partial charge in [-0.2, -0.15) is 0 Å². The fraction of sp³-hybridized carbons (Fsp3) is 0.607. The molecular weight excluding hydrogens is 459 g/mol. The van der Waals surface area contributed by atoms with Crippen molar-refractivity contribution in [2.75, 3.05) is 31.6 Å². The van der Waals surface area contributed by atoms with Crippen LogP contribution >= 0.6 is 0 Å². The van der Waals surface area contributed by atoms with Crippen LogP contribution in [0.3, 0.4) is 0 Å². The predicted octanol–water partition coefficient (Wildman–Crippen LogP) is 4.75. The van der Waals surface area contributed by atoms with Crippen LogP contribution in [0.5, 0.6) is 0 Å². The number of halogens is 1. The minimum atomic E-state index is -1.33. The van der Waals surface area contributed by atoms with Crippen molar-refractivity contribution in [1.82, 2.24) is 14.9 Å². The molecule has 2 aromatic rings. The van der Waals surface area contributed by atoms with E-state index in [1.807, 2.05) is 11.0 Å². The lowest BCUT2D eigenvalue weighted by Crippen LogP contribution is -2.34. The van der Waals surface area contributed by atoms with Gasteiger partial charge >= 0.3 is 5.97 Å². The summed E-state index contributed by atoms with van der Waals surface area (Å²) in [4.78, 5) is 23.4. The van der Waals surface area contributed by atoms with Crippen LogP contribution in [0, 0.1) is 0 Å². The number of carbonyl (C=O) groups is 1. The van der Waals surface area contributed by atoms with Gasteiger partial charge in [0.1, 0.15) is 17.5 Å². The van der Waals surface area contributed by atoms with Gasteiger partial charge in [-0.25, -0.2) is 9.37 Å². The van der Waals surface area contributed by atoms with E-state index in [0.29, 0.717) is 43.8 Å². The molecule has 2 atom stereocenters. The fourth-order valence-electron chi connectivity index (χ4n) is 5.10. The maximum Gasteiger partial charge on any atom is 0.325 e. The fourth-order valence-corrected chi connectivity index (χ4v) is 5.10. The third-order valence-electron chi connectivity index (χ3n) is 7.08. The van der Waals surface area contributed by atoms with Crippen LogP contribution in [0.2, 0.25) is 0 Å². The van der Waals surface area contributed by atoms with Crippen molar-refractivity contribution in [2.45, 2.75) is 83.0 Å². The van der Waals surface area contributed by atoms with Crippen molar-refractivity contribution in [1.29, 1.82) is 0 Å². The number of nitrogens with zero attached hydrogens (tertiary/aromatic N) is 3. The van der Waals surface area contributed by atoms with E-state index in [2.05, 4.69) is 22.4 Å². The van der Waals surface area contributed by atoms with Crippen molar-refractivity contribution >= 4 is 11.8 Å². The summed E-state index contributed by atoms with van der Waals surface area (Å²) in [6.45, 7) is 5.94. The molecule has 2 N–H and O–H groups in total. The highest BCUT2D eigenvalue weighted by Crippen LogP contribution is 2.30. The maximum atomic E-state index is 14.1. The Hall–Kier alpha value is -2.58. The molecule has 0 radical (unpaired) electrons. The first-order valence-electron chi connectivity index (χ1n) is 13.2. The molecule has 196 valence electrons. The average molecular weight is 499 g/mol. The lowest BCUT2D eigenvalue weighted by atomic mass is 9.97. The zero-order valence-corrected chi connectivity index (χ0v) is 21.5. The first-order valence-corrected chi connectivity index (χ1v) is 13.2. The molecule has 2 aliphatic rings. The number of aryl methyl sites for hydroxylation is 3. The minimum absolute atomic E-state index is 0.0165. The number of carboxylic acid groups (broad SMARTS) is 1. The number of nitrogens with one attached hydrogen (secondary N) is 1. The smallest absolute Gasteiger partial charge is 0.325 e. The van der Waals surface area contributed by atoms with Crippen LogP contribution in [-0.4, -0.2) is 64.0 Å². The number of anilines is 1. The Balaban J connectivity index is 1.25. The molecule has 2 aromatic heterocycles. The van der Waals surface area contributed by atoms with E-state index in [1.54, 1.807) is 12.3 Å². The van der Waals surface area contributed by atoms with Gasteiger partial charge in [0.15, 0.2) is 0 Å². The number of rotatable bonds is 12. The van der Waals surface area contributed by atoms with Gasteiger partial charge in [0.2, 0.25) is 0 Å². The Labute approximate surface area is 213 Å². The summed E-state index contributed by atoms with van der Waals surface area (Å²) in [6, 6.07) is 7.10. The largest absolute Gasteiger partial charge is 0.480 e. The number of unbranched alkanes of at least 4 members (excludes halogenated alkanes) is 1. The summed E-state index contributed by atoms with van der Waals surface area (Å²) in [5.41, 5.74) is 2.41. The van der Waals surface area contributed by atoms with Crippen molar-refractivity contribution in [2.24, 2.45) is 0 Å². The highest BCUT2D eigenvalue weighted by Gasteiger charge is 2.35. The SMILES string of the molecule is CC(C)(F)CCc1ncccc1C(C(=O)O)N1CCC(OCCCCc2ccc3c(n2)NCCC3)C1. The Morgan fingerprint density at radius 1 is 1.31 bits per heavy atom. The molecule has 0 bridgehead atoms. The lowest BCUT2D eigenvalue weighted by Gasteiger charge is -2.26. The maximum absolute atomic E-state index is 14.1. The second-order valence-electron chi connectivity index (χ2n) is 10.6. The number of hydrogen-bond donors (Lipinski definition) is 2. The molecule has 0 aliphatic carbocycles. The molecule has 0 aromatic carbocycles. The Morgan fingerprint density at radius 2 is 2.17 bits per heavy atom. The van der Waals surface area contributed by atoms with Crippen molar-refractivity contribution < 1.29 is 19.0 Å². The monoisotopic (exact) mass is 498 g/mol. The Bertz CT molecular complexity index is 1030. The summed E-state index contributed by atoms with van der Waals surface area (Å²) in [5, 5.41) is 13.4. The van der Waals surface area contributed by atoms with Crippen LogP contribution < -0.4 is 5.32 Å². The number of hydrogen-bond acceptors (Lipinski definition) is 6. The third kappa shape index (κ3) is 7.23. The normalized spacial score (nSPS) is 19.0. The first kappa shape index (κ1) is 26.5. The van der Waals surface area contributed by atoms with Gasteiger partial charge in [0, 0.05) is 49.4 Å². The molecule has 0 spiro atoms. The standard InChI is InChI=1S/C28H39FN4O3/c1-28(2,29)14-12-24-23(9-6-15-30-24)25(27(34)35)33-17-13-22(19-33)36-18-4-3-8-21-11-10-20-7-5-16-31-26(20)32-21/h6,9-11,15,22,25H,3-5,7-8,12-14,16-19H2,1-2H3,(H,31,32)(H,34,35). The van der Waals surface area contributed by atoms with Crippen molar-refractivity contribution in [3.8, 4) is 0 Å². The zero-order chi connectivity index (χ0) is 25.5. The molecule has 1 fully saturated rings. The molecule has 4 heterocycles. The quantitative estimate of drug-likeness (QED) is 0.408. The van der Waals surface area contributed by atoms with Crippen LogP contribution in [0.15, 0.2) is 30.5 Å². The Kier molecular flexibility index (Phi) is 8.90. The van der Waals surface area contributed by atoms with Crippen LogP contribution in [0.1, 0.15) is 74.5 Å². The topological polar surface area (TPSA) is 87.6 Å². The number of carboxylic acids is 1.